The molecule has 0 spiro atoms. The predicted octanol–water partition coefficient (Wildman–Crippen LogP) is 3.60. The number of rotatable bonds is 4. The van der Waals surface area contributed by atoms with Gasteiger partial charge in [0.15, 0.2) is 5.65 Å². The van der Waals surface area contributed by atoms with Crippen molar-refractivity contribution in [2.24, 2.45) is 0 Å². The Morgan fingerprint density at radius 3 is 2.66 bits per heavy atom. The van der Waals surface area contributed by atoms with Crippen molar-refractivity contribution in [3.05, 3.63) is 69.0 Å². The molecule has 0 aliphatic heterocycles. The number of thiophene rings is 1. The lowest BCUT2D eigenvalue weighted by Crippen LogP contribution is -2.27. The fourth-order valence-corrected chi connectivity index (χ4v) is 4.96. The van der Waals surface area contributed by atoms with Crippen LogP contribution in [0.4, 0.5) is 19.0 Å². The largest absolute Gasteiger partial charge is 0.418 e. The lowest BCUT2D eigenvalue weighted by atomic mass is 10.1. The molecule has 9 nitrogen and oxygen atoms in total. The number of halogens is 3. The Balaban J connectivity index is 1.82. The first kappa shape index (κ1) is 22.9. The first-order chi connectivity index (χ1) is 16.6. The Kier molecular flexibility index (Phi) is 5.33. The van der Waals surface area contributed by atoms with Gasteiger partial charge in [0.1, 0.15) is 35.0 Å². The molecule has 4 heterocycles. The maximum atomic E-state index is 13.9. The van der Waals surface area contributed by atoms with Crippen molar-refractivity contribution in [2.75, 3.05) is 5.73 Å². The number of anilines is 1. The fourth-order valence-electron chi connectivity index (χ4n) is 4.03. The standard InChI is InChI=1S/C22H18F3N7O2S/c1-10-8-35-20-15(10)21(34)32(13-6-4-3-5-12(13)22(23,24)25)14(29-20)7-31-19-16(17(30-31)11(2)33)18(26)27-9-28-19/h3-6,8-9,11,33H,7H2,1-2H3,(H2,26,27,28)/t11-/m1/s1. The summed E-state index contributed by atoms with van der Waals surface area (Å²) in [6, 6.07) is 4.83. The molecule has 180 valence electrons. The van der Waals surface area contributed by atoms with Crippen LogP contribution in [-0.2, 0) is 12.7 Å². The van der Waals surface area contributed by atoms with Gasteiger partial charge in [-0.05, 0) is 36.9 Å². The molecule has 4 aromatic heterocycles. The number of fused-ring (bicyclic) bond motifs is 2. The second-order valence-electron chi connectivity index (χ2n) is 7.96. The minimum Gasteiger partial charge on any atom is -0.387 e. The summed E-state index contributed by atoms with van der Waals surface area (Å²) in [5.41, 5.74) is 5.11. The highest BCUT2D eigenvalue weighted by Gasteiger charge is 2.35. The van der Waals surface area contributed by atoms with Gasteiger partial charge in [-0.1, -0.05) is 12.1 Å². The third-order valence-corrected chi connectivity index (χ3v) is 6.57. The number of aliphatic hydroxyl groups excluding tert-OH is 1. The van der Waals surface area contributed by atoms with Crippen LogP contribution >= 0.6 is 11.3 Å². The van der Waals surface area contributed by atoms with Crippen LogP contribution in [0.5, 0.6) is 0 Å². The Labute approximate surface area is 199 Å². The number of hydrogen-bond acceptors (Lipinski definition) is 8. The average Bonchev–Trinajstić information content (AvgIpc) is 3.35. The third kappa shape index (κ3) is 3.72. The quantitative estimate of drug-likeness (QED) is 0.386. The van der Waals surface area contributed by atoms with Gasteiger partial charge in [-0.25, -0.2) is 19.6 Å². The van der Waals surface area contributed by atoms with Gasteiger partial charge < -0.3 is 10.8 Å². The monoisotopic (exact) mass is 501 g/mol. The van der Waals surface area contributed by atoms with E-state index in [0.29, 0.717) is 15.8 Å². The SMILES string of the molecule is Cc1csc2nc(Cn3nc([C@@H](C)O)c4c(N)ncnc43)n(-c3ccccc3C(F)(F)F)c(=O)c12. The molecule has 35 heavy (non-hydrogen) atoms. The van der Waals surface area contributed by atoms with E-state index in [2.05, 4.69) is 20.1 Å². The van der Waals surface area contributed by atoms with Crippen LogP contribution in [0.15, 0.2) is 40.8 Å². The van der Waals surface area contributed by atoms with Crippen LogP contribution in [0.25, 0.3) is 26.9 Å². The van der Waals surface area contributed by atoms with E-state index < -0.39 is 23.4 Å². The van der Waals surface area contributed by atoms with Crippen molar-refractivity contribution in [3.63, 3.8) is 0 Å². The summed E-state index contributed by atoms with van der Waals surface area (Å²) in [4.78, 5) is 26.7. The molecule has 0 saturated carbocycles. The summed E-state index contributed by atoms with van der Waals surface area (Å²) in [5, 5.41) is 16.9. The number of hydrogen-bond donors (Lipinski definition) is 2. The highest BCUT2D eigenvalue weighted by Crippen LogP contribution is 2.34. The van der Waals surface area contributed by atoms with E-state index in [9.17, 15) is 23.1 Å². The van der Waals surface area contributed by atoms with Crippen molar-refractivity contribution >= 4 is 38.4 Å². The molecular formula is C22H18F3N7O2S. The molecule has 3 N–H and O–H groups in total. The topological polar surface area (TPSA) is 125 Å². The van der Waals surface area contributed by atoms with Crippen LogP contribution < -0.4 is 11.3 Å². The molecule has 0 fully saturated rings. The lowest BCUT2D eigenvalue weighted by molar-refractivity contribution is -0.137. The third-order valence-electron chi connectivity index (χ3n) is 5.58. The van der Waals surface area contributed by atoms with Crippen molar-refractivity contribution in [1.29, 1.82) is 0 Å². The summed E-state index contributed by atoms with van der Waals surface area (Å²) in [6.07, 6.45) is -4.51. The molecule has 0 aliphatic rings. The van der Waals surface area contributed by atoms with Crippen LogP contribution in [0.1, 0.15) is 35.7 Å². The Morgan fingerprint density at radius 2 is 1.94 bits per heavy atom. The summed E-state index contributed by atoms with van der Waals surface area (Å²) in [7, 11) is 0. The van der Waals surface area contributed by atoms with Gasteiger partial charge in [0.2, 0.25) is 0 Å². The summed E-state index contributed by atoms with van der Waals surface area (Å²) in [5.74, 6) is 0.106. The number of benzene rings is 1. The van der Waals surface area contributed by atoms with Gasteiger partial charge in [0.05, 0.1) is 28.1 Å². The molecule has 0 unspecified atom stereocenters. The van der Waals surface area contributed by atoms with E-state index in [4.69, 9.17) is 5.73 Å². The molecule has 0 aliphatic carbocycles. The lowest BCUT2D eigenvalue weighted by Gasteiger charge is -2.18. The van der Waals surface area contributed by atoms with Crippen LogP contribution in [0.2, 0.25) is 0 Å². The van der Waals surface area contributed by atoms with Crippen molar-refractivity contribution < 1.29 is 18.3 Å². The maximum absolute atomic E-state index is 13.9. The van der Waals surface area contributed by atoms with Crippen LogP contribution in [-0.4, -0.2) is 34.4 Å². The van der Waals surface area contributed by atoms with Gasteiger partial charge in [-0.15, -0.1) is 11.3 Å². The minimum absolute atomic E-state index is 0.0137. The molecule has 0 radical (unpaired) electrons. The summed E-state index contributed by atoms with van der Waals surface area (Å²) in [6.45, 7) is 2.98. The van der Waals surface area contributed by atoms with E-state index in [1.165, 1.54) is 47.5 Å². The van der Waals surface area contributed by atoms with Gasteiger partial charge in [-0.3, -0.25) is 9.36 Å². The molecule has 0 amide bonds. The number of nitrogens with two attached hydrogens (primary N) is 1. The van der Waals surface area contributed by atoms with Gasteiger partial charge in [-0.2, -0.15) is 18.3 Å². The number of nitrogens with zero attached hydrogens (tertiary/aromatic N) is 6. The van der Waals surface area contributed by atoms with Crippen molar-refractivity contribution in [3.8, 4) is 5.69 Å². The van der Waals surface area contributed by atoms with E-state index in [-0.39, 0.29) is 40.6 Å². The van der Waals surface area contributed by atoms with Gasteiger partial charge in [0, 0.05) is 0 Å². The number of nitrogen functional groups attached to an aromatic ring is 1. The molecule has 5 rings (SSSR count). The van der Waals surface area contributed by atoms with E-state index in [0.717, 1.165) is 10.6 Å². The highest BCUT2D eigenvalue weighted by molar-refractivity contribution is 7.16. The number of aliphatic hydroxyl groups is 1. The summed E-state index contributed by atoms with van der Waals surface area (Å²) < 4.78 is 44.0. The number of alkyl halides is 3. The average molecular weight is 501 g/mol. The molecule has 5 aromatic rings. The first-order valence-corrected chi connectivity index (χ1v) is 11.3. The van der Waals surface area contributed by atoms with Crippen molar-refractivity contribution in [2.45, 2.75) is 32.7 Å². The van der Waals surface area contributed by atoms with Gasteiger partial charge in [0.25, 0.3) is 5.56 Å². The number of aromatic nitrogens is 6. The number of para-hydroxylation sites is 1. The normalized spacial score (nSPS) is 13.1. The predicted molar refractivity (Wildman–Crippen MR) is 124 cm³/mol. The van der Waals surface area contributed by atoms with Crippen LogP contribution in [0.3, 0.4) is 0 Å². The zero-order chi connectivity index (χ0) is 25.1. The van der Waals surface area contributed by atoms with E-state index >= 15 is 0 Å². The second kappa shape index (κ2) is 8.13. The number of aryl methyl sites for hydroxylation is 1. The van der Waals surface area contributed by atoms with Gasteiger partial charge >= 0.3 is 6.18 Å². The zero-order valence-electron chi connectivity index (χ0n) is 18.4. The fraction of sp³-hybridized carbons (Fsp3) is 0.227. The first-order valence-electron chi connectivity index (χ1n) is 10.4. The van der Waals surface area contributed by atoms with Crippen molar-refractivity contribution in [1.82, 2.24) is 29.3 Å². The second-order valence-corrected chi connectivity index (χ2v) is 8.82. The molecule has 0 bridgehead atoms. The summed E-state index contributed by atoms with van der Waals surface area (Å²) >= 11 is 1.22. The zero-order valence-corrected chi connectivity index (χ0v) is 19.2. The smallest absolute Gasteiger partial charge is 0.387 e. The van der Waals surface area contributed by atoms with Crippen LogP contribution in [0, 0.1) is 6.92 Å². The molecule has 1 atom stereocenters. The minimum atomic E-state index is -4.70. The Morgan fingerprint density at radius 1 is 1.20 bits per heavy atom. The Hall–Kier alpha value is -3.84. The molecule has 1 aromatic carbocycles. The van der Waals surface area contributed by atoms with E-state index in [1.54, 1.807) is 12.3 Å². The highest BCUT2D eigenvalue weighted by atomic mass is 32.1. The molecular weight excluding hydrogens is 483 g/mol. The maximum Gasteiger partial charge on any atom is 0.418 e. The molecule has 13 heteroatoms. The molecule has 0 saturated heterocycles. The Bertz CT molecular complexity index is 1650. The van der Waals surface area contributed by atoms with E-state index in [1.807, 2.05) is 0 Å².